The Labute approximate surface area is 200 Å². The minimum atomic E-state index is -0.0877. The van der Waals surface area contributed by atoms with Gasteiger partial charge in [0.1, 0.15) is 5.75 Å². The Hall–Kier alpha value is -2.41. The summed E-state index contributed by atoms with van der Waals surface area (Å²) in [5.41, 5.74) is 2.10. The zero-order valence-electron chi connectivity index (χ0n) is 20.7. The van der Waals surface area contributed by atoms with Crippen LogP contribution in [0.3, 0.4) is 0 Å². The summed E-state index contributed by atoms with van der Waals surface area (Å²) in [4.78, 5) is 9.00. The van der Waals surface area contributed by atoms with Crippen LogP contribution in [0.1, 0.15) is 96.5 Å². The second-order valence-corrected chi connectivity index (χ2v) is 9.85. The van der Waals surface area contributed by atoms with Gasteiger partial charge in [0.15, 0.2) is 5.82 Å². The number of aryl methyl sites for hydroxylation is 1. The second kappa shape index (κ2) is 13.3. The number of nitriles is 1. The zero-order valence-corrected chi connectivity index (χ0v) is 20.7. The van der Waals surface area contributed by atoms with E-state index in [1.54, 1.807) is 0 Å². The fourth-order valence-electron chi connectivity index (χ4n) is 4.89. The molecule has 0 atom stereocenters. The van der Waals surface area contributed by atoms with E-state index >= 15 is 0 Å². The Bertz CT molecular complexity index is 846. The first-order valence-corrected chi connectivity index (χ1v) is 13.1. The topological polar surface area (TPSA) is 58.8 Å². The van der Waals surface area contributed by atoms with Gasteiger partial charge in [-0.05, 0) is 74.3 Å². The van der Waals surface area contributed by atoms with Crippen LogP contribution < -0.4 is 4.74 Å². The molecule has 0 unspecified atom stereocenters. The Kier molecular flexibility index (Phi) is 10.2. The first-order valence-electron chi connectivity index (χ1n) is 13.1. The maximum absolute atomic E-state index is 9.85. The molecule has 1 saturated carbocycles. The van der Waals surface area contributed by atoms with Crippen molar-refractivity contribution in [3.05, 3.63) is 42.2 Å². The molecule has 0 bridgehead atoms. The number of benzene rings is 1. The quantitative estimate of drug-likeness (QED) is 0.293. The molecule has 4 heteroatoms. The normalized spacial score (nSPS) is 20.3. The molecular weight excluding hydrogens is 406 g/mol. The summed E-state index contributed by atoms with van der Waals surface area (Å²) in [7, 11) is 0. The van der Waals surface area contributed by atoms with Crippen molar-refractivity contribution in [1.29, 1.82) is 5.26 Å². The minimum Gasteiger partial charge on any atom is -0.493 e. The highest BCUT2D eigenvalue weighted by Crippen LogP contribution is 2.42. The summed E-state index contributed by atoms with van der Waals surface area (Å²) in [6, 6.07) is 10.8. The lowest BCUT2D eigenvalue weighted by Crippen LogP contribution is -2.28. The van der Waals surface area contributed by atoms with Gasteiger partial charge >= 0.3 is 0 Å². The summed E-state index contributed by atoms with van der Waals surface area (Å²) >= 11 is 0. The summed E-state index contributed by atoms with van der Waals surface area (Å²) < 4.78 is 6.10. The lowest BCUT2D eigenvalue weighted by Gasteiger charge is -2.35. The van der Waals surface area contributed by atoms with Gasteiger partial charge in [-0.2, -0.15) is 5.26 Å². The SMILES string of the molecule is CCCCCCCCC1(C#N)CCC(COc2ccc(-c3ncc(CCC)cn3)cc2)CC1. The average Bonchev–Trinajstić information content (AvgIpc) is 2.87. The number of hydrogen-bond donors (Lipinski definition) is 0. The smallest absolute Gasteiger partial charge is 0.159 e. The highest BCUT2D eigenvalue weighted by atomic mass is 16.5. The number of unbranched alkanes of at least 4 members (excludes halogenated alkanes) is 5. The van der Waals surface area contributed by atoms with Crippen molar-refractivity contribution in [2.24, 2.45) is 11.3 Å². The van der Waals surface area contributed by atoms with E-state index in [1.165, 1.54) is 44.1 Å². The fraction of sp³-hybridized carbons (Fsp3) is 0.621. The summed E-state index contributed by atoms with van der Waals surface area (Å²) in [6.07, 6.45) is 19.1. The molecule has 1 aromatic heterocycles. The van der Waals surface area contributed by atoms with Crippen molar-refractivity contribution in [2.45, 2.75) is 97.3 Å². The van der Waals surface area contributed by atoms with Gasteiger partial charge < -0.3 is 4.74 Å². The fourth-order valence-corrected chi connectivity index (χ4v) is 4.89. The number of hydrogen-bond acceptors (Lipinski definition) is 4. The van der Waals surface area contributed by atoms with E-state index in [9.17, 15) is 5.26 Å². The van der Waals surface area contributed by atoms with Crippen molar-refractivity contribution >= 4 is 0 Å². The monoisotopic (exact) mass is 447 g/mol. The highest BCUT2D eigenvalue weighted by molar-refractivity contribution is 5.55. The van der Waals surface area contributed by atoms with Gasteiger partial charge in [-0.25, -0.2) is 9.97 Å². The van der Waals surface area contributed by atoms with E-state index in [0.717, 1.165) is 68.7 Å². The molecule has 1 aromatic carbocycles. The molecule has 1 aliphatic carbocycles. The second-order valence-electron chi connectivity index (χ2n) is 9.85. The Morgan fingerprint density at radius 3 is 2.24 bits per heavy atom. The molecule has 1 heterocycles. The number of aromatic nitrogens is 2. The Balaban J connectivity index is 1.40. The van der Waals surface area contributed by atoms with Crippen LogP contribution >= 0.6 is 0 Å². The van der Waals surface area contributed by atoms with Crippen molar-refractivity contribution in [2.75, 3.05) is 6.61 Å². The molecular formula is C29H41N3O. The zero-order chi connectivity index (χ0) is 23.4. The predicted molar refractivity (Wildman–Crippen MR) is 135 cm³/mol. The molecule has 0 aliphatic heterocycles. The van der Waals surface area contributed by atoms with Crippen LogP contribution in [0, 0.1) is 22.7 Å². The van der Waals surface area contributed by atoms with Crippen LogP contribution in [0.25, 0.3) is 11.4 Å². The molecule has 4 nitrogen and oxygen atoms in total. The van der Waals surface area contributed by atoms with E-state index in [1.807, 2.05) is 36.7 Å². The van der Waals surface area contributed by atoms with Gasteiger partial charge in [0.05, 0.1) is 18.1 Å². The first kappa shape index (κ1) is 25.2. The van der Waals surface area contributed by atoms with E-state index < -0.39 is 0 Å². The standard InChI is InChI=1S/C29H41N3O/c1-3-5-6-7-8-9-17-29(23-30)18-15-24(16-19-29)22-33-27-13-11-26(12-14-27)28-31-20-25(10-4-2)21-32-28/h11-14,20-21,24H,3-10,15-19,22H2,1-2H3. The molecule has 0 amide bonds. The van der Waals surface area contributed by atoms with Crippen LogP contribution in [0.2, 0.25) is 0 Å². The number of rotatable bonds is 13. The van der Waals surface area contributed by atoms with Crippen LogP contribution in [0.15, 0.2) is 36.7 Å². The van der Waals surface area contributed by atoms with E-state index in [2.05, 4.69) is 29.9 Å². The lowest BCUT2D eigenvalue weighted by atomic mass is 9.69. The van der Waals surface area contributed by atoms with Gasteiger partial charge in [-0.3, -0.25) is 0 Å². The molecule has 1 aliphatic rings. The van der Waals surface area contributed by atoms with Crippen LogP contribution in [0.5, 0.6) is 5.75 Å². The number of nitrogens with zero attached hydrogens (tertiary/aromatic N) is 3. The molecule has 0 saturated heterocycles. The van der Waals surface area contributed by atoms with E-state index in [4.69, 9.17) is 4.74 Å². The Morgan fingerprint density at radius 1 is 0.939 bits per heavy atom. The van der Waals surface area contributed by atoms with E-state index in [0.29, 0.717) is 5.92 Å². The molecule has 0 radical (unpaired) electrons. The van der Waals surface area contributed by atoms with Crippen LogP contribution in [-0.4, -0.2) is 16.6 Å². The first-order chi connectivity index (χ1) is 16.2. The predicted octanol–water partition coefficient (Wildman–Crippen LogP) is 7.93. The summed E-state index contributed by atoms with van der Waals surface area (Å²) in [5.74, 6) is 2.20. The lowest BCUT2D eigenvalue weighted by molar-refractivity contribution is 0.144. The van der Waals surface area contributed by atoms with Crippen molar-refractivity contribution in [1.82, 2.24) is 9.97 Å². The molecule has 2 aromatic rings. The highest BCUT2D eigenvalue weighted by Gasteiger charge is 2.35. The Morgan fingerprint density at radius 2 is 1.61 bits per heavy atom. The summed E-state index contributed by atoms with van der Waals surface area (Å²) in [5, 5.41) is 9.85. The van der Waals surface area contributed by atoms with Crippen molar-refractivity contribution in [3.63, 3.8) is 0 Å². The minimum absolute atomic E-state index is 0.0877. The molecule has 0 N–H and O–H groups in total. The maximum atomic E-state index is 9.85. The van der Waals surface area contributed by atoms with Gasteiger partial charge in [0.25, 0.3) is 0 Å². The van der Waals surface area contributed by atoms with Gasteiger partial charge in [-0.1, -0.05) is 58.8 Å². The van der Waals surface area contributed by atoms with Crippen molar-refractivity contribution in [3.8, 4) is 23.2 Å². The average molecular weight is 448 g/mol. The van der Waals surface area contributed by atoms with Crippen molar-refractivity contribution < 1.29 is 4.74 Å². The third kappa shape index (κ3) is 7.84. The molecule has 178 valence electrons. The molecule has 3 rings (SSSR count). The number of ether oxygens (including phenoxy) is 1. The van der Waals surface area contributed by atoms with Gasteiger partial charge in [-0.15, -0.1) is 0 Å². The maximum Gasteiger partial charge on any atom is 0.159 e. The van der Waals surface area contributed by atoms with Crippen LogP contribution in [-0.2, 0) is 6.42 Å². The molecule has 1 fully saturated rings. The molecule has 0 spiro atoms. The van der Waals surface area contributed by atoms with E-state index in [-0.39, 0.29) is 5.41 Å². The van der Waals surface area contributed by atoms with Gasteiger partial charge in [0.2, 0.25) is 0 Å². The van der Waals surface area contributed by atoms with Crippen LogP contribution in [0.4, 0.5) is 0 Å². The third-order valence-corrected chi connectivity index (χ3v) is 7.15. The third-order valence-electron chi connectivity index (χ3n) is 7.15. The largest absolute Gasteiger partial charge is 0.493 e. The summed E-state index contributed by atoms with van der Waals surface area (Å²) in [6.45, 7) is 5.15. The molecule has 33 heavy (non-hydrogen) atoms. The van der Waals surface area contributed by atoms with Gasteiger partial charge in [0, 0.05) is 18.0 Å².